The van der Waals surface area contributed by atoms with Crippen molar-refractivity contribution >= 4 is 5.91 Å². The molecule has 2 rings (SSSR count). The van der Waals surface area contributed by atoms with Gasteiger partial charge in [0.15, 0.2) is 0 Å². The highest BCUT2D eigenvalue weighted by Gasteiger charge is 2.35. The Kier molecular flexibility index (Phi) is 4.25. The van der Waals surface area contributed by atoms with Crippen LogP contribution in [0.2, 0.25) is 0 Å². The number of hydrogen-bond donors (Lipinski definition) is 2. The Morgan fingerprint density at radius 3 is 2.42 bits per heavy atom. The number of hydrogen-bond acceptors (Lipinski definition) is 2. The van der Waals surface area contributed by atoms with E-state index in [0.717, 1.165) is 31.5 Å². The molecule has 104 valence electrons. The van der Waals surface area contributed by atoms with Crippen LogP contribution in [0.1, 0.15) is 43.9 Å². The zero-order chi connectivity index (χ0) is 13.9. The summed E-state index contributed by atoms with van der Waals surface area (Å²) in [6.07, 6.45) is 1.83. The zero-order valence-corrected chi connectivity index (χ0v) is 12.1. The predicted octanol–water partition coefficient (Wildman–Crippen LogP) is 2.56. The van der Waals surface area contributed by atoms with E-state index >= 15 is 0 Å². The highest BCUT2D eigenvalue weighted by atomic mass is 16.2. The van der Waals surface area contributed by atoms with Gasteiger partial charge in [-0.3, -0.25) is 4.79 Å². The summed E-state index contributed by atoms with van der Waals surface area (Å²) in [5.74, 6) is 0.182. The van der Waals surface area contributed by atoms with E-state index in [1.807, 2.05) is 6.92 Å². The lowest BCUT2D eigenvalue weighted by atomic mass is 9.80. The van der Waals surface area contributed by atoms with Crippen LogP contribution >= 0.6 is 0 Å². The SMILES string of the molecule is Cc1ccc([C@H](C)NC(=O)C2(C)CCNCC2)cc1. The fourth-order valence-corrected chi connectivity index (χ4v) is 2.51. The molecule has 1 saturated heterocycles. The minimum absolute atomic E-state index is 0.0693. The third kappa shape index (κ3) is 3.35. The summed E-state index contributed by atoms with van der Waals surface area (Å²) >= 11 is 0. The summed E-state index contributed by atoms with van der Waals surface area (Å²) in [6.45, 7) is 8.06. The molecule has 1 amide bonds. The number of piperidine rings is 1. The van der Waals surface area contributed by atoms with Crippen molar-refractivity contribution in [3.63, 3.8) is 0 Å². The molecule has 1 aliphatic heterocycles. The zero-order valence-electron chi connectivity index (χ0n) is 12.1. The second kappa shape index (κ2) is 5.74. The Morgan fingerprint density at radius 2 is 1.84 bits per heavy atom. The van der Waals surface area contributed by atoms with Crippen LogP contribution in [0.15, 0.2) is 24.3 Å². The monoisotopic (exact) mass is 260 g/mol. The molecule has 0 aliphatic carbocycles. The van der Waals surface area contributed by atoms with E-state index < -0.39 is 0 Å². The molecule has 3 nitrogen and oxygen atoms in total. The van der Waals surface area contributed by atoms with Crippen LogP contribution in [-0.4, -0.2) is 19.0 Å². The van der Waals surface area contributed by atoms with Gasteiger partial charge < -0.3 is 10.6 Å². The highest BCUT2D eigenvalue weighted by molar-refractivity contribution is 5.82. The maximum absolute atomic E-state index is 12.4. The lowest BCUT2D eigenvalue weighted by Gasteiger charge is -2.33. The molecule has 1 aromatic carbocycles. The number of carbonyl (C=O) groups is 1. The van der Waals surface area contributed by atoms with E-state index in [2.05, 4.69) is 48.7 Å². The van der Waals surface area contributed by atoms with Gasteiger partial charge in [-0.15, -0.1) is 0 Å². The molecule has 3 heteroatoms. The maximum Gasteiger partial charge on any atom is 0.226 e. The molecular formula is C16H24N2O. The van der Waals surface area contributed by atoms with Crippen molar-refractivity contribution < 1.29 is 4.79 Å². The first-order valence-corrected chi connectivity index (χ1v) is 7.09. The van der Waals surface area contributed by atoms with Crippen molar-refractivity contribution in [2.24, 2.45) is 5.41 Å². The van der Waals surface area contributed by atoms with Gasteiger partial charge in [0, 0.05) is 5.41 Å². The van der Waals surface area contributed by atoms with E-state index in [1.165, 1.54) is 5.56 Å². The Bertz CT molecular complexity index is 433. The largest absolute Gasteiger partial charge is 0.349 e. The minimum Gasteiger partial charge on any atom is -0.349 e. The van der Waals surface area contributed by atoms with E-state index in [0.29, 0.717) is 0 Å². The molecule has 2 N–H and O–H groups in total. The van der Waals surface area contributed by atoms with Gasteiger partial charge in [-0.2, -0.15) is 0 Å². The number of amides is 1. The van der Waals surface area contributed by atoms with Crippen LogP contribution in [0.4, 0.5) is 0 Å². The predicted molar refractivity (Wildman–Crippen MR) is 77.9 cm³/mol. The van der Waals surface area contributed by atoms with Gasteiger partial charge in [-0.25, -0.2) is 0 Å². The van der Waals surface area contributed by atoms with Crippen molar-refractivity contribution in [2.45, 2.75) is 39.7 Å². The summed E-state index contributed by atoms with van der Waals surface area (Å²) in [6, 6.07) is 8.42. The average Bonchev–Trinajstić information content (AvgIpc) is 2.40. The van der Waals surface area contributed by atoms with Crippen LogP contribution in [0, 0.1) is 12.3 Å². The third-order valence-corrected chi connectivity index (χ3v) is 4.18. The minimum atomic E-state index is -0.218. The number of nitrogens with one attached hydrogen (secondary N) is 2. The number of benzene rings is 1. The van der Waals surface area contributed by atoms with E-state index in [1.54, 1.807) is 0 Å². The van der Waals surface area contributed by atoms with Crippen LogP contribution in [0.5, 0.6) is 0 Å². The first-order valence-electron chi connectivity index (χ1n) is 7.09. The Morgan fingerprint density at radius 1 is 1.26 bits per heavy atom. The first-order chi connectivity index (χ1) is 9.01. The maximum atomic E-state index is 12.4. The summed E-state index contributed by atoms with van der Waals surface area (Å²) in [4.78, 5) is 12.4. The normalized spacial score (nSPS) is 19.7. The third-order valence-electron chi connectivity index (χ3n) is 4.18. The van der Waals surface area contributed by atoms with Gasteiger partial charge in [0.05, 0.1) is 6.04 Å². The molecule has 19 heavy (non-hydrogen) atoms. The van der Waals surface area contributed by atoms with Crippen LogP contribution in [-0.2, 0) is 4.79 Å². The van der Waals surface area contributed by atoms with E-state index in [9.17, 15) is 4.79 Å². The molecule has 0 spiro atoms. The van der Waals surface area contributed by atoms with Gasteiger partial charge >= 0.3 is 0 Å². The standard InChI is InChI=1S/C16H24N2O/c1-12-4-6-14(7-5-12)13(2)18-15(19)16(3)8-10-17-11-9-16/h4-7,13,17H,8-11H2,1-3H3,(H,18,19)/t13-/m0/s1. The number of carbonyl (C=O) groups excluding carboxylic acids is 1. The molecule has 0 radical (unpaired) electrons. The van der Waals surface area contributed by atoms with E-state index in [-0.39, 0.29) is 17.4 Å². The Hall–Kier alpha value is -1.35. The molecule has 1 aliphatic rings. The molecule has 0 saturated carbocycles. The van der Waals surface area contributed by atoms with Crippen molar-refractivity contribution in [2.75, 3.05) is 13.1 Å². The van der Waals surface area contributed by atoms with Crippen molar-refractivity contribution in [3.8, 4) is 0 Å². The summed E-state index contributed by atoms with van der Waals surface area (Å²) in [5, 5.41) is 6.47. The van der Waals surface area contributed by atoms with Gasteiger partial charge in [-0.05, 0) is 45.3 Å². The molecule has 1 aromatic rings. The number of rotatable bonds is 3. The van der Waals surface area contributed by atoms with Gasteiger partial charge in [-0.1, -0.05) is 36.8 Å². The Labute approximate surface area is 115 Å². The average molecular weight is 260 g/mol. The van der Waals surface area contributed by atoms with Crippen molar-refractivity contribution in [1.29, 1.82) is 0 Å². The molecule has 1 fully saturated rings. The van der Waals surface area contributed by atoms with Crippen LogP contribution < -0.4 is 10.6 Å². The molecule has 1 heterocycles. The van der Waals surface area contributed by atoms with Gasteiger partial charge in [0.25, 0.3) is 0 Å². The molecular weight excluding hydrogens is 236 g/mol. The Balaban J connectivity index is 2.00. The molecule has 0 aromatic heterocycles. The lowest BCUT2D eigenvalue weighted by Crippen LogP contribution is -2.46. The van der Waals surface area contributed by atoms with Crippen LogP contribution in [0.3, 0.4) is 0 Å². The quantitative estimate of drug-likeness (QED) is 0.877. The topological polar surface area (TPSA) is 41.1 Å². The molecule has 0 bridgehead atoms. The molecule has 0 unspecified atom stereocenters. The summed E-state index contributed by atoms with van der Waals surface area (Å²) in [7, 11) is 0. The number of aryl methyl sites for hydroxylation is 1. The highest BCUT2D eigenvalue weighted by Crippen LogP contribution is 2.29. The smallest absolute Gasteiger partial charge is 0.226 e. The molecule has 1 atom stereocenters. The van der Waals surface area contributed by atoms with E-state index in [4.69, 9.17) is 0 Å². The van der Waals surface area contributed by atoms with Crippen molar-refractivity contribution in [1.82, 2.24) is 10.6 Å². The fraction of sp³-hybridized carbons (Fsp3) is 0.562. The fourth-order valence-electron chi connectivity index (χ4n) is 2.51. The summed E-state index contributed by atoms with van der Waals surface area (Å²) in [5.41, 5.74) is 2.19. The second-order valence-electron chi connectivity index (χ2n) is 5.92. The van der Waals surface area contributed by atoms with Crippen LogP contribution in [0.25, 0.3) is 0 Å². The second-order valence-corrected chi connectivity index (χ2v) is 5.92. The van der Waals surface area contributed by atoms with Crippen molar-refractivity contribution in [3.05, 3.63) is 35.4 Å². The first kappa shape index (κ1) is 14.1. The van der Waals surface area contributed by atoms with Gasteiger partial charge in [0.2, 0.25) is 5.91 Å². The van der Waals surface area contributed by atoms with Gasteiger partial charge in [0.1, 0.15) is 0 Å². The lowest BCUT2D eigenvalue weighted by molar-refractivity contribution is -0.132. The summed E-state index contributed by atoms with van der Waals surface area (Å²) < 4.78 is 0.